The largest absolute Gasteiger partial charge is 0.466 e. The number of benzene rings is 1. The number of carbonyl (C=O) groups is 3. The molecule has 0 N–H and O–H groups in total. The van der Waals surface area contributed by atoms with Gasteiger partial charge in [-0.2, -0.15) is 0 Å². The molecular formula is C49H83NO8. The van der Waals surface area contributed by atoms with Crippen molar-refractivity contribution in [3.63, 3.8) is 0 Å². The summed E-state index contributed by atoms with van der Waals surface area (Å²) < 4.78 is 28.7. The number of esters is 3. The molecule has 2 saturated carbocycles. The lowest BCUT2D eigenvalue weighted by Crippen LogP contribution is -2.15. The second-order valence-electron chi connectivity index (χ2n) is 17.5. The van der Waals surface area contributed by atoms with E-state index in [2.05, 4.69) is 23.1 Å². The molecule has 2 aliphatic rings. The van der Waals surface area contributed by atoms with Gasteiger partial charge in [-0.1, -0.05) is 115 Å². The summed E-state index contributed by atoms with van der Waals surface area (Å²) in [5.74, 6) is 1.42. The Morgan fingerprint density at radius 2 is 0.983 bits per heavy atom. The average molecular weight is 814 g/mol. The van der Waals surface area contributed by atoms with Crippen molar-refractivity contribution in [3.05, 3.63) is 34.9 Å². The van der Waals surface area contributed by atoms with E-state index in [0.29, 0.717) is 58.9 Å². The smallest absolute Gasteiger partial charge is 0.306 e. The first-order valence-corrected chi connectivity index (χ1v) is 23.8. The number of rotatable bonds is 34. The van der Waals surface area contributed by atoms with Crippen molar-refractivity contribution in [1.82, 2.24) is 4.90 Å². The van der Waals surface area contributed by atoms with Crippen molar-refractivity contribution < 1.29 is 38.1 Å². The van der Waals surface area contributed by atoms with Crippen molar-refractivity contribution in [2.45, 2.75) is 200 Å². The Bertz CT molecular complexity index is 1210. The zero-order chi connectivity index (χ0) is 41.3. The minimum Gasteiger partial charge on any atom is -0.466 e. The van der Waals surface area contributed by atoms with Crippen LogP contribution >= 0.6 is 0 Å². The molecule has 0 unspecified atom stereocenters. The van der Waals surface area contributed by atoms with Gasteiger partial charge in [-0.3, -0.25) is 14.4 Å². The molecule has 0 aromatic heterocycles. The molecule has 9 nitrogen and oxygen atoms in total. The van der Waals surface area contributed by atoms with Gasteiger partial charge >= 0.3 is 17.9 Å². The maximum absolute atomic E-state index is 12.5. The summed E-state index contributed by atoms with van der Waals surface area (Å²) in [6, 6.07) is 6.24. The van der Waals surface area contributed by atoms with Gasteiger partial charge < -0.3 is 28.6 Å². The highest BCUT2D eigenvalue weighted by molar-refractivity contribution is 5.70. The molecule has 0 spiro atoms. The monoisotopic (exact) mass is 814 g/mol. The zero-order valence-corrected chi connectivity index (χ0v) is 37.1. The Labute approximate surface area is 353 Å². The molecule has 0 atom stereocenters. The molecule has 0 saturated heterocycles. The quantitative estimate of drug-likeness (QED) is 0.0382. The minimum atomic E-state index is -0.181. The first-order chi connectivity index (χ1) is 28.4. The standard InChI is InChI=1S/C49H83NO8/c1-50(2)33-19-30-49(53)58-41-46-38-44(39-54-34-17-7-3-5-15-28-47(51)56-36-20-26-42-22-11-9-12-23-42)31-32-45(46)40-55-35-18-8-4-6-16-29-48(52)57-37-21-27-43-24-13-10-14-25-43/h31-32,38,42-43H,3-30,33-37,39-41H2,1-2H3. The van der Waals surface area contributed by atoms with E-state index in [1.165, 1.54) is 77.0 Å². The molecule has 0 bridgehead atoms. The van der Waals surface area contributed by atoms with Gasteiger partial charge in [0.15, 0.2) is 0 Å². The third-order valence-electron chi connectivity index (χ3n) is 12.0. The van der Waals surface area contributed by atoms with E-state index >= 15 is 0 Å². The molecule has 0 radical (unpaired) electrons. The van der Waals surface area contributed by atoms with E-state index in [9.17, 15) is 14.4 Å². The minimum absolute atomic E-state index is 0.0452. The van der Waals surface area contributed by atoms with Gasteiger partial charge in [0, 0.05) is 32.5 Å². The lowest BCUT2D eigenvalue weighted by atomic mass is 9.86. The highest BCUT2D eigenvalue weighted by Crippen LogP contribution is 2.28. The van der Waals surface area contributed by atoms with Crippen LogP contribution in [-0.4, -0.2) is 69.9 Å². The van der Waals surface area contributed by atoms with Crippen LogP contribution in [0.4, 0.5) is 0 Å². The fourth-order valence-electron chi connectivity index (χ4n) is 8.41. The second-order valence-corrected chi connectivity index (χ2v) is 17.5. The van der Waals surface area contributed by atoms with Gasteiger partial charge in [0.05, 0.1) is 26.4 Å². The molecule has 0 heterocycles. The Hall–Kier alpha value is -2.49. The van der Waals surface area contributed by atoms with E-state index in [0.717, 1.165) is 119 Å². The van der Waals surface area contributed by atoms with Crippen molar-refractivity contribution >= 4 is 17.9 Å². The Kier molecular flexibility index (Phi) is 28.6. The number of nitrogens with zero attached hydrogens (tertiary/aromatic N) is 1. The summed E-state index contributed by atoms with van der Waals surface area (Å²) in [6.07, 6.45) is 30.4. The van der Waals surface area contributed by atoms with Crippen molar-refractivity contribution in [2.75, 3.05) is 47.1 Å². The highest BCUT2D eigenvalue weighted by atomic mass is 16.5. The van der Waals surface area contributed by atoms with Crippen molar-refractivity contribution in [3.8, 4) is 0 Å². The lowest BCUT2D eigenvalue weighted by Gasteiger charge is -2.21. The normalized spacial score (nSPS) is 15.2. The number of carbonyl (C=O) groups excluding carboxylic acids is 3. The van der Waals surface area contributed by atoms with Crippen LogP contribution in [0.3, 0.4) is 0 Å². The molecular weight excluding hydrogens is 731 g/mol. The van der Waals surface area contributed by atoms with Crippen LogP contribution in [0, 0.1) is 11.8 Å². The number of ether oxygens (including phenoxy) is 5. The fourth-order valence-corrected chi connectivity index (χ4v) is 8.41. The van der Waals surface area contributed by atoms with Gasteiger partial charge in [0.2, 0.25) is 0 Å². The summed E-state index contributed by atoms with van der Waals surface area (Å²) >= 11 is 0. The van der Waals surface area contributed by atoms with E-state index in [1.54, 1.807) is 0 Å². The Morgan fingerprint density at radius 1 is 0.500 bits per heavy atom. The van der Waals surface area contributed by atoms with E-state index in [-0.39, 0.29) is 24.5 Å². The SMILES string of the molecule is CN(C)CCCC(=O)OCc1cc(COCCCCCCCC(=O)OCCCC2CCCCC2)ccc1COCCCCCCCC(=O)OCCCC1CCCCC1. The van der Waals surface area contributed by atoms with E-state index in [1.807, 2.05) is 14.1 Å². The molecule has 1 aromatic carbocycles. The van der Waals surface area contributed by atoms with Crippen LogP contribution in [-0.2, 0) is 57.9 Å². The summed E-state index contributed by atoms with van der Waals surface area (Å²) in [7, 11) is 4.01. The maximum atomic E-state index is 12.5. The summed E-state index contributed by atoms with van der Waals surface area (Å²) in [5.41, 5.74) is 3.05. The predicted octanol–water partition coefficient (Wildman–Crippen LogP) is 11.6. The van der Waals surface area contributed by atoms with Crippen molar-refractivity contribution in [2.24, 2.45) is 11.8 Å². The van der Waals surface area contributed by atoms with Crippen molar-refractivity contribution in [1.29, 1.82) is 0 Å². The van der Waals surface area contributed by atoms with Gasteiger partial charge in [-0.25, -0.2) is 0 Å². The lowest BCUT2D eigenvalue weighted by molar-refractivity contribution is -0.145. The van der Waals surface area contributed by atoms with Gasteiger partial charge in [0.1, 0.15) is 6.61 Å². The van der Waals surface area contributed by atoms with Crippen LogP contribution in [0.2, 0.25) is 0 Å². The van der Waals surface area contributed by atoms with Crippen LogP contribution in [0.5, 0.6) is 0 Å². The number of hydrogen-bond donors (Lipinski definition) is 0. The molecule has 58 heavy (non-hydrogen) atoms. The third kappa shape index (κ3) is 25.9. The Balaban J connectivity index is 1.23. The van der Waals surface area contributed by atoms with E-state index < -0.39 is 0 Å². The highest BCUT2D eigenvalue weighted by Gasteiger charge is 2.15. The van der Waals surface area contributed by atoms with Crippen LogP contribution in [0.1, 0.15) is 196 Å². The number of hydrogen-bond acceptors (Lipinski definition) is 9. The summed E-state index contributed by atoms with van der Waals surface area (Å²) in [6.45, 7) is 4.57. The van der Waals surface area contributed by atoms with Crippen LogP contribution < -0.4 is 0 Å². The fraction of sp³-hybridized carbons (Fsp3) is 0.816. The number of unbranched alkanes of at least 4 members (excludes halogenated alkanes) is 8. The molecule has 2 aliphatic carbocycles. The third-order valence-corrected chi connectivity index (χ3v) is 12.0. The zero-order valence-electron chi connectivity index (χ0n) is 37.1. The molecule has 332 valence electrons. The molecule has 2 fully saturated rings. The molecule has 9 heteroatoms. The Morgan fingerprint density at radius 3 is 1.53 bits per heavy atom. The van der Waals surface area contributed by atoms with Crippen LogP contribution in [0.15, 0.2) is 18.2 Å². The predicted molar refractivity (Wildman–Crippen MR) is 232 cm³/mol. The van der Waals surface area contributed by atoms with Gasteiger partial charge in [-0.05, 0) is 113 Å². The van der Waals surface area contributed by atoms with Gasteiger partial charge in [-0.15, -0.1) is 0 Å². The maximum Gasteiger partial charge on any atom is 0.306 e. The molecule has 3 rings (SSSR count). The topological polar surface area (TPSA) is 101 Å². The average Bonchev–Trinajstić information content (AvgIpc) is 3.23. The molecule has 0 amide bonds. The molecule has 0 aliphatic heterocycles. The van der Waals surface area contributed by atoms with Crippen LogP contribution in [0.25, 0.3) is 0 Å². The summed E-state index contributed by atoms with van der Waals surface area (Å²) in [5, 5.41) is 0. The first-order valence-electron chi connectivity index (χ1n) is 23.8. The van der Waals surface area contributed by atoms with E-state index in [4.69, 9.17) is 23.7 Å². The molecule has 1 aromatic rings. The van der Waals surface area contributed by atoms with Gasteiger partial charge in [0.25, 0.3) is 0 Å². The first kappa shape index (κ1) is 49.9. The summed E-state index contributed by atoms with van der Waals surface area (Å²) in [4.78, 5) is 38.7. The second kappa shape index (κ2) is 33.3.